The van der Waals surface area contributed by atoms with E-state index in [-0.39, 0.29) is 6.17 Å². The third-order valence-corrected chi connectivity index (χ3v) is 4.71. The highest BCUT2D eigenvalue weighted by molar-refractivity contribution is 6.41. The van der Waals surface area contributed by atoms with Crippen LogP contribution in [0.5, 0.6) is 0 Å². The zero-order valence-corrected chi connectivity index (χ0v) is 15.0. The van der Waals surface area contributed by atoms with E-state index in [9.17, 15) is 0 Å². The molecular formula is C17H24N8. The van der Waals surface area contributed by atoms with Crippen LogP contribution in [0.3, 0.4) is 0 Å². The Balaban J connectivity index is 1.49. The van der Waals surface area contributed by atoms with Crippen LogP contribution in [0.2, 0.25) is 0 Å². The van der Waals surface area contributed by atoms with E-state index in [2.05, 4.69) is 30.4 Å². The largest absolute Gasteiger partial charge is 0.340 e. The van der Waals surface area contributed by atoms with E-state index in [0.29, 0.717) is 0 Å². The zero-order valence-electron chi connectivity index (χ0n) is 15.0. The average molecular weight is 340 g/mol. The number of fused-ring (bicyclic) bond motifs is 1. The number of aryl methyl sites for hydroxylation is 1. The van der Waals surface area contributed by atoms with Crippen LogP contribution in [0.1, 0.15) is 38.9 Å². The molecule has 3 aliphatic rings. The fourth-order valence-corrected chi connectivity index (χ4v) is 3.26. The summed E-state index contributed by atoms with van der Waals surface area (Å²) in [5.41, 5.74) is 5.31. The van der Waals surface area contributed by atoms with Gasteiger partial charge in [-0.05, 0) is 45.3 Å². The molecule has 8 heteroatoms. The van der Waals surface area contributed by atoms with Crippen LogP contribution in [0, 0.1) is 0 Å². The van der Waals surface area contributed by atoms with Gasteiger partial charge >= 0.3 is 0 Å². The molecule has 0 radical (unpaired) electrons. The molecule has 1 saturated heterocycles. The van der Waals surface area contributed by atoms with E-state index >= 15 is 0 Å². The molecule has 1 N–H and O–H groups in total. The Morgan fingerprint density at radius 3 is 2.76 bits per heavy atom. The number of rotatable bonds is 3. The summed E-state index contributed by atoms with van der Waals surface area (Å²) >= 11 is 0. The smallest absolute Gasteiger partial charge is 0.245 e. The predicted octanol–water partition coefficient (Wildman–Crippen LogP) is 1.70. The van der Waals surface area contributed by atoms with Crippen molar-refractivity contribution in [2.75, 3.05) is 18.0 Å². The topological polar surface area (TPSA) is 73.9 Å². The Kier molecular flexibility index (Phi) is 4.12. The number of hydrogen-bond donors (Lipinski definition) is 1. The van der Waals surface area contributed by atoms with Crippen LogP contribution >= 0.6 is 0 Å². The quantitative estimate of drug-likeness (QED) is 0.906. The minimum atomic E-state index is -0.128. The second kappa shape index (κ2) is 6.44. The number of piperidine rings is 1. The Bertz CT molecular complexity index is 779. The van der Waals surface area contributed by atoms with Gasteiger partial charge < -0.3 is 4.90 Å². The van der Waals surface area contributed by atoms with Crippen molar-refractivity contribution in [3.63, 3.8) is 0 Å². The van der Waals surface area contributed by atoms with Crippen molar-refractivity contribution in [1.82, 2.24) is 25.2 Å². The van der Waals surface area contributed by atoms with Crippen LogP contribution in [-0.4, -0.2) is 50.6 Å². The molecule has 1 unspecified atom stereocenters. The molecule has 3 aliphatic heterocycles. The van der Waals surface area contributed by atoms with Crippen LogP contribution < -0.4 is 10.3 Å². The fraction of sp³-hybridized carbons (Fsp3) is 0.529. The molecule has 0 amide bonds. The number of hydrazine groups is 1. The Labute approximate surface area is 147 Å². The minimum Gasteiger partial charge on any atom is -0.340 e. The number of nitrogens with one attached hydrogen (secondary N) is 1. The number of hydrogen-bond acceptors (Lipinski definition) is 7. The standard InChI is InChI=1S/C17H24N8/c1-12-11-18-13(2)16-19-14(21-25(12)16)7-8-15-20-17(22-23(15)3)24-9-5-4-6-10-24/h7-8,11,14,21H,4-6,9-10H2,1-3H3/b8-7+. The monoisotopic (exact) mass is 340 g/mol. The van der Waals surface area contributed by atoms with Crippen molar-refractivity contribution in [2.45, 2.75) is 39.3 Å². The molecule has 4 heterocycles. The molecule has 0 spiro atoms. The molecule has 25 heavy (non-hydrogen) atoms. The lowest BCUT2D eigenvalue weighted by Gasteiger charge is -2.24. The first-order chi connectivity index (χ1) is 12.1. The number of amidine groups is 1. The van der Waals surface area contributed by atoms with Gasteiger partial charge in [-0.25, -0.2) is 15.1 Å². The van der Waals surface area contributed by atoms with E-state index < -0.39 is 0 Å². The second-order valence-electron chi connectivity index (χ2n) is 6.65. The normalized spacial score (nSPS) is 23.6. The maximum Gasteiger partial charge on any atom is 0.245 e. The Hall–Kier alpha value is -2.48. The summed E-state index contributed by atoms with van der Waals surface area (Å²) in [6.45, 7) is 6.07. The van der Waals surface area contributed by atoms with E-state index in [4.69, 9.17) is 0 Å². The number of allylic oxidation sites excluding steroid dienone is 1. The van der Waals surface area contributed by atoms with E-state index in [0.717, 1.165) is 42.1 Å². The molecule has 1 fully saturated rings. The first kappa shape index (κ1) is 16.0. The van der Waals surface area contributed by atoms with Gasteiger partial charge in [0.15, 0.2) is 11.7 Å². The Morgan fingerprint density at radius 1 is 1.20 bits per heavy atom. The van der Waals surface area contributed by atoms with Crippen LogP contribution in [0.25, 0.3) is 6.08 Å². The first-order valence-corrected chi connectivity index (χ1v) is 8.81. The Morgan fingerprint density at radius 2 is 2.00 bits per heavy atom. The molecule has 8 nitrogen and oxygen atoms in total. The summed E-state index contributed by atoms with van der Waals surface area (Å²) in [4.78, 5) is 16.0. The molecule has 0 aliphatic carbocycles. The average Bonchev–Trinajstić information content (AvgIpc) is 3.22. The van der Waals surface area contributed by atoms with Crippen molar-refractivity contribution in [2.24, 2.45) is 17.0 Å². The summed E-state index contributed by atoms with van der Waals surface area (Å²) in [5.74, 6) is 2.54. The van der Waals surface area contributed by atoms with Gasteiger partial charge in [0.05, 0.1) is 11.4 Å². The molecular weight excluding hydrogens is 316 g/mol. The first-order valence-electron chi connectivity index (χ1n) is 8.81. The fourth-order valence-electron chi connectivity index (χ4n) is 3.26. The molecule has 0 aromatic carbocycles. The lowest BCUT2D eigenvalue weighted by Crippen LogP contribution is -2.42. The van der Waals surface area contributed by atoms with Gasteiger partial charge in [-0.3, -0.25) is 10.0 Å². The molecule has 132 valence electrons. The van der Waals surface area contributed by atoms with E-state index in [1.54, 1.807) is 0 Å². The van der Waals surface area contributed by atoms with Gasteiger partial charge in [-0.15, -0.1) is 5.10 Å². The highest BCUT2D eigenvalue weighted by atomic mass is 15.6. The molecule has 1 atom stereocenters. The minimum absolute atomic E-state index is 0.128. The zero-order chi connectivity index (χ0) is 17.4. The van der Waals surface area contributed by atoms with Crippen molar-refractivity contribution >= 4 is 23.6 Å². The summed E-state index contributed by atoms with van der Waals surface area (Å²) in [7, 11) is 1.93. The molecule has 0 saturated carbocycles. The van der Waals surface area contributed by atoms with Crippen LogP contribution in [0.15, 0.2) is 28.0 Å². The van der Waals surface area contributed by atoms with Crippen molar-refractivity contribution in [1.29, 1.82) is 0 Å². The van der Waals surface area contributed by atoms with Gasteiger partial charge in [0, 0.05) is 26.3 Å². The third-order valence-electron chi connectivity index (χ3n) is 4.71. The maximum atomic E-state index is 4.69. The predicted molar refractivity (Wildman–Crippen MR) is 99.2 cm³/mol. The second-order valence-corrected chi connectivity index (χ2v) is 6.65. The number of nitrogens with zero attached hydrogens (tertiary/aromatic N) is 7. The SMILES string of the molecule is CC1=CN=C(C)C2=NC(/C=C/c3nc(N4CCCCC4)nn3C)NN12. The van der Waals surface area contributed by atoms with Gasteiger partial charge in [-0.2, -0.15) is 4.98 Å². The van der Waals surface area contributed by atoms with E-state index in [1.807, 2.05) is 48.9 Å². The molecule has 0 bridgehead atoms. The lowest BCUT2D eigenvalue weighted by molar-refractivity contribution is 0.386. The van der Waals surface area contributed by atoms with Crippen LogP contribution in [0.4, 0.5) is 5.95 Å². The third kappa shape index (κ3) is 3.09. The van der Waals surface area contributed by atoms with Crippen molar-refractivity contribution < 1.29 is 0 Å². The van der Waals surface area contributed by atoms with Crippen molar-refractivity contribution in [3.8, 4) is 0 Å². The summed E-state index contributed by atoms with van der Waals surface area (Å²) in [6, 6.07) is 0. The summed E-state index contributed by atoms with van der Waals surface area (Å²) in [6.07, 6.45) is 9.45. The molecule has 4 rings (SSSR count). The maximum absolute atomic E-state index is 4.69. The molecule has 1 aromatic heterocycles. The highest BCUT2D eigenvalue weighted by Crippen LogP contribution is 2.19. The van der Waals surface area contributed by atoms with Gasteiger partial charge in [0.1, 0.15) is 6.17 Å². The summed E-state index contributed by atoms with van der Waals surface area (Å²) < 4.78 is 1.83. The lowest BCUT2D eigenvalue weighted by atomic mass is 10.1. The molecule has 1 aromatic rings. The van der Waals surface area contributed by atoms with Gasteiger partial charge in [-0.1, -0.05) is 0 Å². The van der Waals surface area contributed by atoms with Crippen molar-refractivity contribution in [3.05, 3.63) is 23.8 Å². The summed E-state index contributed by atoms with van der Waals surface area (Å²) in [5, 5.41) is 6.54. The number of anilines is 1. The van der Waals surface area contributed by atoms with Crippen LogP contribution in [-0.2, 0) is 7.05 Å². The highest BCUT2D eigenvalue weighted by Gasteiger charge is 2.28. The number of aromatic nitrogens is 3. The van der Waals surface area contributed by atoms with E-state index in [1.165, 1.54) is 19.3 Å². The van der Waals surface area contributed by atoms with Gasteiger partial charge in [0.2, 0.25) is 5.95 Å². The number of aliphatic imine (C=N–C) groups is 2. The van der Waals surface area contributed by atoms with Gasteiger partial charge in [0.25, 0.3) is 0 Å².